The van der Waals surface area contributed by atoms with Crippen molar-refractivity contribution in [2.24, 2.45) is 0 Å². The van der Waals surface area contributed by atoms with Gasteiger partial charge in [-0.2, -0.15) is 0 Å². The van der Waals surface area contributed by atoms with E-state index in [1.54, 1.807) is 0 Å². The van der Waals surface area contributed by atoms with Gasteiger partial charge in [0.05, 0.1) is 0 Å². The third-order valence-electron chi connectivity index (χ3n) is 5.92. The molecule has 0 N–H and O–H groups in total. The number of hydrogen-bond acceptors (Lipinski definition) is 4. The van der Waals surface area contributed by atoms with Gasteiger partial charge in [0, 0.05) is 26.2 Å². The number of hydrogen-bond donors (Lipinski definition) is 0. The number of halogens is 1. The van der Waals surface area contributed by atoms with Gasteiger partial charge < -0.3 is 9.80 Å². The van der Waals surface area contributed by atoms with Crippen molar-refractivity contribution < 1.29 is 0 Å². The molecule has 5 nitrogen and oxygen atoms in total. The number of anilines is 1. The van der Waals surface area contributed by atoms with Crippen molar-refractivity contribution in [1.29, 1.82) is 0 Å². The highest BCUT2D eigenvalue weighted by atomic mass is 35.5. The Hall–Kier alpha value is -1.33. The molecule has 170 valence electrons. The number of rotatable bonds is 16. The molecule has 2 aromatic rings. The predicted molar refractivity (Wildman–Crippen MR) is 131 cm³/mol. The highest BCUT2D eigenvalue weighted by molar-refractivity contribution is 6.29. The van der Waals surface area contributed by atoms with Gasteiger partial charge in [-0.05, 0) is 38.1 Å². The maximum absolute atomic E-state index is 6.26. The molecule has 0 aliphatic carbocycles. The first-order valence-electron chi connectivity index (χ1n) is 12.1. The van der Waals surface area contributed by atoms with Crippen LogP contribution in [0.2, 0.25) is 5.15 Å². The van der Waals surface area contributed by atoms with E-state index in [9.17, 15) is 0 Å². The van der Waals surface area contributed by atoms with Crippen LogP contribution in [-0.4, -0.2) is 52.2 Å². The molecule has 6 heteroatoms. The smallest absolute Gasteiger partial charge is 0.207 e. The van der Waals surface area contributed by atoms with Gasteiger partial charge >= 0.3 is 0 Å². The van der Waals surface area contributed by atoms with E-state index in [4.69, 9.17) is 16.6 Å². The number of pyridine rings is 1. The summed E-state index contributed by atoms with van der Waals surface area (Å²) >= 11 is 6.26. The van der Waals surface area contributed by atoms with E-state index in [0.717, 1.165) is 56.4 Å². The zero-order chi connectivity index (χ0) is 21.8. The van der Waals surface area contributed by atoms with E-state index in [0.29, 0.717) is 5.15 Å². The zero-order valence-electron chi connectivity index (χ0n) is 19.7. The summed E-state index contributed by atoms with van der Waals surface area (Å²) < 4.78 is 2.30. The number of likely N-dealkylation sites (N-methyl/N-ethyl adjacent to an activating group) is 1. The molecule has 2 rings (SSSR count). The van der Waals surface area contributed by atoms with E-state index in [-0.39, 0.29) is 0 Å². The second kappa shape index (κ2) is 13.9. The molecule has 0 spiro atoms. The molecule has 0 fully saturated rings. The lowest BCUT2D eigenvalue weighted by Gasteiger charge is -2.26. The van der Waals surface area contributed by atoms with Crippen LogP contribution in [0.15, 0.2) is 12.1 Å². The number of aromatic nitrogens is 3. The van der Waals surface area contributed by atoms with Crippen LogP contribution < -0.4 is 4.90 Å². The molecule has 0 aliphatic heterocycles. The Balaban J connectivity index is 2.29. The van der Waals surface area contributed by atoms with Crippen molar-refractivity contribution in [2.45, 2.75) is 85.6 Å². The SMILES string of the molecule is CCCCCCN(CCCCCC)c1nc2ccc(Cl)nc2n1CCN(CC)CC. The molecule has 0 atom stereocenters. The molecule has 2 aromatic heterocycles. The number of unbranched alkanes of at least 4 members (excludes halogenated alkanes) is 6. The molecule has 2 heterocycles. The molecule has 0 amide bonds. The normalized spacial score (nSPS) is 11.7. The van der Waals surface area contributed by atoms with Crippen LogP contribution in [0.25, 0.3) is 11.2 Å². The van der Waals surface area contributed by atoms with Crippen LogP contribution in [0.4, 0.5) is 5.95 Å². The number of imidazole rings is 1. The van der Waals surface area contributed by atoms with Gasteiger partial charge in [0.1, 0.15) is 10.7 Å². The maximum atomic E-state index is 6.26. The lowest BCUT2D eigenvalue weighted by Crippen LogP contribution is -2.31. The van der Waals surface area contributed by atoms with Gasteiger partial charge in [-0.1, -0.05) is 77.8 Å². The van der Waals surface area contributed by atoms with Crippen molar-refractivity contribution in [3.63, 3.8) is 0 Å². The first-order chi connectivity index (χ1) is 14.6. The van der Waals surface area contributed by atoms with Gasteiger partial charge in [-0.15, -0.1) is 0 Å². The summed E-state index contributed by atoms with van der Waals surface area (Å²) in [7, 11) is 0. The Morgan fingerprint density at radius 2 is 1.43 bits per heavy atom. The van der Waals surface area contributed by atoms with Crippen LogP contribution >= 0.6 is 11.6 Å². The van der Waals surface area contributed by atoms with E-state index < -0.39 is 0 Å². The largest absolute Gasteiger partial charge is 0.342 e. The molecule has 30 heavy (non-hydrogen) atoms. The minimum Gasteiger partial charge on any atom is -0.342 e. The molecule has 0 saturated carbocycles. The summed E-state index contributed by atoms with van der Waals surface area (Å²) in [5.74, 6) is 1.07. The van der Waals surface area contributed by atoms with Gasteiger partial charge in [-0.25, -0.2) is 9.97 Å². The Labute approximate surface area is 188 Å². The van der Waals surface area contributed by atoms with Crippen molar-refractivity contribution in [1.82, 2.24) is 19.4 Å². The monoisotopic (exact) mass is 435 g/mol. The summed E-state index contributed by atoms with van der Waals surface area (Å²) in [6, 6.07) is 3.86. The first kappa shape index (κ1) is 24.9. The van der Waals surface area contributed by atoms with E-state index in [1.807, 2.05) is 12.1 Å². The maximum Gasteiger partial charge on any atom is 0.207 e. The average Bonchev–Trinajstić information content (AvgIpc) is 3.11. The molecule has 0 aromatic carbocycles. The van der Waals surface area contributed by atoms with Crippen LogP contribution in [0.5, 0.6) is 0 Å². The molecule has 0 radical (unpaired) electrons. The van der Waals surface area contributed by atoms with Gasteiger partial charge in [0.25, 0.3) is 0 Å². The lowest BCUT2D eigenvalue weighted by atomic mass is 10.2. The third-order valence-corrected chi connectivity index (χ3v) is 6.13. The molecule has 0 unspecified atom stereocenters. The third kappa shape index (κ3) is 7.42. The molecule has 0 aliphatic rings. The summed E-state index contributed by atoms with van der Waals surface area (Å²) in [5.41, 5.74) is 1.86. The Morgan fingerprint density at radius 1 is 0.800 bits per heavy atom. The van der Waals surface area contributed by atoms with Gasteiger partial charge in [-0.3, -0.25) is 4.57 Å². The number of fused-ring (bicyclic) bond motifs is 1. The second-order valence-electron chi connectivity index (χ2n) is 8.18. The fourth-order valence-corrected chi connectivity index (χ4v) is 4.11. The van der Waals surface area contributed by atoms with E-state index in [1.165, 1.54) is 51.4 Å². The highest BCUT2D eigenvalue weighted by Crippen LogP contribution is 2.24. The second-order valence-corrected chi connectivity index (χ2v) is 8.56. The van der Waals surface area contributed by atoms with E-state index >= 15 is 0 Å². The molecule has 0 saturated heterocycles. The minimum atomic E-state index is 0.537. The number of nitrogens with zero attached hydrogens (tertiary/aromatic N) is 5. The fraction of sp³-hybridized carbons (Fsp3) is 0.750. The lowest BCUT2D eigenvalue weighted by molar-refractivity contribution is 0.292. The first-order valence-corrected chi connectivity index (χ1v) is 12.5. The summed E-state index contributed by atoms with van der Waals surface area (Å²) in [6.45, 7) is 15.1. The molecular weight excluding hydrogens is 394 g/mol. The molecule has 0 bridgehead atoms. The summed E-state index contributed by atoms with van der Waals surface area (Å²) in [4.78, 5) is 14.6. The van der Waals surface area contributed by atoms with Crippen LogP contribution in [0, 0.1) is 0 Å². The van der Waals surface area contributed by atoms with Crippen molar-refractivity contribution in [3.05, 3.63) is 17.3 Å². The van der Waals surface area contributed by atoms with E-state index in [2.05, 4.69) is 47.0 Å². The molecular formula is C24H42ClN5. The minimum absolute atomic E-state index is 0.537. The van der Waals surface area contributed by atoms with Crippen molar-refractivity contribution in [3.8, 4) is 0 Å². The summed E-state index contributed by atoms with van der Waals surface area (Å²) in [5, 5.41) is 0.537. The van der Waals surface area contributed by atoms with Crippen LogP contribution in [0.1, 0.15) is 79.1 Å². The highest BCUT2D eigenvalue weighted by Gasteiger charge is 2.18. The quantitative estimate of drug-likeness (QED) is 0.226. The van der Waals surface area contributed by atoms with Gasteiger partial charge in [0.2, 0.25) is 5.95 Å². The Morgan fingerprint density at radius 3 is 2.00 bits per heavy atom. The average molecular weight is 436 g/mol. The van der Waals surface area contributed by atoms with Gasteiger partial charge in [0.15, 0.2) is 5.65 Å². The van der Waals surface area contributed by atoms with Crippen molar-refractivity contribution in [2.75, 3.05) is 37.6 Å². The predicted octanol–water partition coefficient (Wildman–Crippen LogP) is 6.39. The van der Waals surface area contributed by atoms with Crippen LogP contribution in [0.3, 0.4) is 0 Å². The zero-order valence-corrected chi connectivity index (χ0v) is 20.4. The summed E-state index contributed by atoms with van der Waals surface area (Å²) in [6.07, 6.45) is 10.1. The Kier molecular flexibility index (Phi) is 11.5. The topological polar surface area (TPSA) is 37.2 Å². The Bertz CT molecular complexity index is 714. The fourth-order valence-electron chi connectivity index (χ4n) is 3.97. The standard InChI is InChI=1S/C24H42ClN5/c1-5-9-11-13-17-29(18-14-12-10-6-2)24-26-21-15-16-22(25)27-23(21)30(24)20-19-28(7-3)8-4/h15-16H,5-14,17-20H2,1-4H3. The van der Waals surface area contributed by atoms with Crippen LogP contribution in [-0.2, 0) is 6.54 Å². The van der Waals surface area contributed by atoms with Crippen molar-refractivity contribution >= 4 is 28.7 Å².